The molecule has 4 aromatic rings. The smallest absolute Gasteiger partial charge is 0.355 e. The first-order valence-corrected chi connectivity index (χ1v) is 10.0. The van der Waals surface area contributed by atoms with Gasteiger partial charge in [0, 0.05) is 17.2 Å². The van der Waals surface area contributed by atoms with Crippen LogP contribution in [0.3, 0.4) is 0 Å². The molecule has 0 N–H and O–H groups in total. The molecule has 4 rings (SSSR count). The van der Waals surface area contributed by atoms with Crippen molar-refractivity contribution in [2.45, 2.75) is 0 Å². The Balaban J connectivity index is 1.77. The normalized spacial score (nSPS) is 10.4. The van der Waals surface area contributed by atoms with E-state index in [2.05, 4.69) is 4.98 Å². The summed E-state index contributed by atoms with van der Waals surface area (Å²) < 4.78 is 10.3. The van der Waals surface area contributed by atoms with Crippen molar-refractivity contribution in [3.05, 3.63) is 94.7 Å². The highest BCUT2D eigenvalue weighted by Crippen LogP contribution is 2.33. The summed E-state index contributed by atoms with van der Waals surface area (Å²) in [5.74, 6) is -0.648. The number of carbonyl (C=O) groups excluding carboxylic acids is 2. The van der Waals surface area contributed by atoms with E-state index >= 15 is 0 Å². The predicted octanol–water partition coefficient (Wildman–Crippen LogP) is 5.48. The fourth-order valence-corrected chi connectivity index (χ4v) is 3.62. The van der Waals surface area contributed by atoms with Crippen LogP contribution >= 0.6 is 11.3 Å². The predicted molar refractivity (Wildman–Crippen MR) is 116 cm³/mol. The molecule has 30 heavy (non-hydrogen) atoms. The number of rotatable bonds is 5. The lowest BCUT2D eigenvalue weighted by Crippen LogP contribution is -2.08. The van der Waals surface area contributed by atoms with Crippen LogP contribution in [0.15, 0.2) is 84.2 Å². The molecule has 0 atom stereocenters. The lowest BCUT2D eigenvalue weighted by Gasteiger charge is -2.12. The number of benzene rings is 2. The number of carbonyl (C=O) groups is 2. The highest BCUT2D eigenvalue weighted by atomic mass is 32.1. The van der Waals surface area contributed by atoms with Crippen LogP contribution in [0.4, 0.5) is 0 Å². The van der Waals surface area contributed by atoms with Gasteiger partial charge in [-0.05, 0) is 35.2 Å². The molecule has 0 spiro atoms. The molecule has 2 aromatic carbocycles. The Bertz CT molecular complexity index is 1190. The Morgan fingerprint density at radius 2 is 1.63 bits per heavy atom. The Morgan fingerprint density at radius 3 is 2.37 bits per heavy atom. The van der Waals surface area contributed by atoms with Gasteiger partial charge in [-0.1, -0.05) is 48.5 Å². The minimum atomic E-state index is -0.447. The molecular weight excluding hydrogens is 398 g/mol. The molecule has 0 bridgehead atoms. The second-order valence-corrected chi connectivity index (χ2v) is 7.30. The average Bonchev–Trinajstić information content (AvgIpc) is 3.34. The van der Waals surface area contributed by atoms with Crippen molar-refractivity contribution >= 4 is 23.3 Å². The van der Waals surface area contributed by atoms with Crippen LogP contribution in [0.1, 0.15) is 20.0 Å². The molecule has 0 radical (unpaired) electrons. The molecule has 0 unspecified atom stereocenters. The third-order valence-electron chi connectivity index (χ3n) is 4.43. The maximum absolute atomic E-state index is 12.3. The first kappa shape index (κ1) is 19.5. The summed E-state index contributed by atoms with van der Waals surface area (Å²) in [7, 11) is 1.35. The van der Waals surface area contributed by atoms with Crippen molar-refractivity contribution < 1.29 is 19.1 Å². The molecule has 0 aliphatic heterocycles. The monoisotopic (exact) mass is 415 g/mol. The van der Waals surface area contributed by atoms with E-state index in [0.717, 1.165) is 16.7 Å². The third-order valence-corrected chi connectivity index (χ3v) is 5.28. The minimum Gasteiger partial charge on any atom is -0.465 e. The maximum Gasteiger partial charge on any atom is 0.355 e. The summed E-state index contributed by atoms with van der Waals surface area (Å²) in [5.41, 5.74) is 3.57. The first-order chi connectivity index (χ1) is 14.7. The topological polar surface area (TPSA) is 65.5 Å². The van der Waals surface area contributed by atoms with Gasteiger partial charge in [-0.25, -0.2) is 14.6 Å². The van der Waals surface area contributed by atoms with Crippen molar-refractivity contribution in [1.82, 2.24) is 4.98 Å². The molecule has 2 aromatic heterocycles. The zero-order valence-electron chi connectivity index (χ0n) is 16.1. The Hall–Kier alpha value is -3.77. The second-order valence-electron chi connectivity index (χ2n) is 6.35. The van der Waals surface area contributed by atoms with E-state index in [9.17, 15) is 9.59 Å². The van der Waals surface area contributed by atoms with E-state index in [4.69, 9.17) is 9.47 Å². The van der Waals surface area contributed by atoms with Gasteiger partial charge in [-0.2, -0.15) is 0 Å². The number of esters is 2. The molecule has 6 heteroatoms. The Morgan fingerprint density at radius 1 is 0.833 bits per heavy atom. The molecule has 148 valence electrons. The molecule has 0 aliphatic carbocycles. The first-order valence-electron chi connectivity index (χ1n) is 9.16. The summed E-state index contributed by atoms with van der Waals surface area (Å²) in [6.45, 7) is 0. The standard InChI is InChI=1S/C24H17NO4S/c1-28-23(26)18-10-5-9-17(15-18)19-12-13-21(29-24(27)20-11-6-14-30-20)25-22(19)16-7-3-2-4-8-16/h2-15H,1H3. The van der Waals surface area contributed by atoms with Crippen molar-refractivity contribution in [3.8, 4) is 28.3 Å². The van der Waals surface area contributed by atoms with Crippen LogP contribution in [0.5, 0.6) is 5.88 Å². The molecule has 0 saturated heterocycles. The number of hydrogen-bond donors (Lipinski definition) is 0. The third kappa shape index (κ3) is 4.14. The Kier molecular flexibility index (Phi) is 5.68. The SMILES string of the molecule is COC(=O)c1cccc(-c2ccc(OC(=O)c3cccs3)nc2-c2ccccc2)c1. The summed E-state index contributed by atoms with van der Waals surface area (Å²) in [6, 6.07) is 23.7. The van der Waals surface area contributed by atoms with Gasteiger partial charge < -0.3 is 9.47 Å². The van der Waals surface area contributed by atoms with Crippen LogP contribution in [-0.2, 0) is 4.74 Å². The van der Waals surface area contributed by atoms with Crippen LogP contribution in [0.2, 0.25) is 0 Å². The number of hydrogen-bond acceptors (Lipinski definition) is 6. The van der Waals surface area contributed by atoms with Crippen LogP contribution in [0.25, 0.3) is 22.4 Å². The molecule has 0 amide bonds. The van der Waals surface area contributed by atoms with Crippen molar-refractivity contribution in [2.75, 3.05) is 7.11 Å². The van der Waals surface area contributed by atoms with E-state index in [1.165, 1.54) is 18.4 Å². The number of nitrogens with zero attached hydrogens (tertiary/aromatic N) is 1. The minimum absolute atomic E-state index is 0.208. The second kappa shape index (κ2) is 8.71. The number of methoxy groups -OCH3 is 1. The van der Waals surface area contributed by atoms with Crippen molar-refractivity contribution in [1.29, 1.82) is 0 Å². The number of aromatic nitrogens is 1. The van der Waals surface area contributed by atoms with Crippen molar-refractivity contribution in [3.63, 3.8) is 0 Å². The molecule has 0 aliphatic rings. The fourth-order valence-electron chi connectivity index (χ4n) is 3.02. The highest BCUT2D eigenvalue weighted by Gasteiger charge is 2.16. The van der Waals surface area contributed by atoms with Gasteiger partial charge >= 0.3 is 11.9 Å². The molecular formula is C24H17NO4S. The van der Waals surface area contributed by atoms with Gasteiger partial charge in [0.2, 0.25) is 5.88 Å². The zero-order chi connectivity index (χ0) is 20.9. The fraction of sp³-hybridized carbons (Fsp3) is 0.0417. The van der Waals surface area contributed by atoms with Gasteiger partial charge in [-0.3, -0.25) is 0 Å². The molecule has 5 nitrogen and oxygen atoms in total. The quantitative estimate of drug-likeness (QED) is 0.404. The number of ether oxygens (including phenoxy) is 2. The van der Waals surface area contributed by atoms with Gasteiger partial charge in [0.1, 0.15) is 4.88 Å². The Labute approximate surface area is 177 Å². The van der Waals surface area contributed by atoms with E-state index in [0.29, 0.717) is 16.1 Å². The lowest BCUT2D eigenvalue weighted by atomic mass is 9.98. The van der Waals surface area contributed by atoms with Gasteiger partial charge in [-0.15, -0.1) is 11.3 Å². The average molecular weight is 415 g/mol. The zero-order valence-corrected chi connectivity index (χ0v) is 16.9. The molecule has 0 saturated carbocycles. The van der Waals surface area contributed by atoms with Crippen LogP contribution in [-0.4, -0.2) is 24.0 Å². The lowest BCUT2D eigenvalue weighted by molar-refractivity contribution is 0.0600. The van der Waals surface area contributed by atoms with E-state index in [1.807, 2.05) is 47.8 Å². The van der Waals surface area contributed by atoms with Gasteiger partial charge in [0.05, 0.1) is 18.4 Å². The summed E-state index contributed by atoms with van der Waals surface area (Å²) >= 11 is 1.31. The van der Waals surface area contributed by atoms with E-state index in [1.54, 1.807) is 36.4 Å². The van der Waals surface area contributed by atoms with E-state index < -0.39 is 11.9 Å². The summed E-state index contributed by atoms with van der Waals surface area (Å²) in [6.07, 6.45) is 0. The summed E-state index contributed by atoms with van der Waals surface area (Å²) in [4.78, 5) is 29.4. The number of pyridine rings is 1. The van der Waals surface area contributed by atoms with Crippen molar-refractivity contribution in [2.24, 2.45) is 0 Å². The van der Waals surface area contributed by atoms with Gasteiger partial charge in [0.15, 0.2) is 0 Å². The largest absolute Gasteiger partial charge is 0.465 e. The maximum atomic E-state index is 12.3. The van der Waals surface area contributed by atoms with Crippen LogP contribution < -0.4 is 4.74 Å². The van der Waals surface area contributed by atoms with E-state index in [-0.39, 0.29) is 5.88 Å². The van der Waals surface area contributed by atoms with Gasteiger partial charge in [0.25, 0.3) is 0 Å². The van der Waals surface area contributed by atoms with Crippen LogP contribution in [0, 0.1) is 0 Å². The molecule has 0 fully saturated rings. The number of thiophene rings is 1. The summed E-state index contributed by atoms with van der Waals surface area (Å²) in [5, 5.41) is 1.82. The molecule has 2 heterocycles. The highest BCUT2D eigenvalue weighted by molar-refractivity contribution is 7.12.